The molecule has 2 aromatic rings. The van der Waals surface area contributed by atoms with Gasteiger partial charge in [0.25, 0.3) is 5.91 Å². The topological polar surface area (TPSA) is 53.1 Å². The predicted octanol–water partition coefficient (Wildman–Crippen LogP) is 3.95. The Kier molecular flexibility index (Phi) is 7.26. The third-order valence-corrected chi connectivity index (χ3v) is 6.75. The Balaban J connectivity index is 1.46. The maximum Gasteiger partial charge on any atom is 0.328 e. The maximum atomic E-state index is 13.6. The number of imide groups is 1. The van der Waals surface area contributed by atoms with Gasteiger partial charge in [-0.1, -0.05) is 72.3 Å². The van der Waals surface area contributed by atoms with Crippen molar-refractivity contribution in [2.75, 3.05) is 39.9 Å². The number of rotatable bonds is 8. The number of carbonyl (C=O) groups excluding carboxylic acids is 2. The van der Waals surface area contributed by atoms with E-state index in [9.17, 15) is 9.59 Å². The number of amides is 3. The van der Waals surface area contributed by atoms with Gasteiger partial charge in [0.15, 0.2) is 0 Å². The summed E-state index contributed by atoms with van der Waals surface area (Å²) in [6, 6.07) is 18.3. The highest BCUT2D eigenvalue weighted by atomic mass is 16.5. The van der Waals surface area contributed by atoms with E-state index in [1.54, 1.807) is 12.0 Å². The van der Waals surface area contributed by atoms with E-state index < -0.39 is 5.54 Å². The van der Waals surface area contributed by atoms with Gasteiger partial charge in [-0.3, -0.25) is 14.6 Å². The quantitative estimate of drug-likeness (QED) is 0.575. The molecule has 0 bridgehead atoms. The molecule has 2 aliphatic rings. The number of benzene rings is 2. The highest BCUT2D eigenvalue weighted by Gasteiger charge is 2.57. The average molecular weight is 448 g/mol. The number of aryl methyl sites for hydroxylation is 1. The van der Waals surface area contributed by atoms with E-state index in [1.165, 1.54) is 16.0 Å². The lowest BCUT2D eigenvalue weighted by atomic mass is 9.85. The summed E-state index contributed by atoms with van der Waals surface area (Å²) in [7, 11) is 1.62. The molecule has 0 unspecified atom stereocenters. The second-order valence-corrected chi connectivity index (χ2v) is 8.95. The molecule has 0 N–H and O–H groups in total. The van der Waals surface area contributed by atoms with Crippen molar-refractivity contribution in [2.24, 2.45) is 0 Å². The van der Waals surface area contributed by atoms with Crippen molar-refractivity contribution in [1.29, 1.82) is 0 Å². The van der Waals surface area contributed by atoms with Crippen LogP contribution in [0.25, 0.3) is 6.08 Å². The highest BCUT2D eigenvalue weighted by molar-refractivity contribution is 6.07. The summed E-state index contributed by atoms with van der Waals surface area (Å²) >= 11 is 0. The molecule has 0 aromatic heterocycles. The second-order valence-electron chi connectivity index (χ2n) is 8.95. The van der Waals surface area contributed by atoms with Crippen LogP contribution in [0.4, 0.5) is 4.79 Å². The number of methoxy groups -OCH3 is 1. The first-order valence-electron chi connectivity index (χ1n) is 11.7. The number of ether oxygens (including phenoxy) is 1. The first kappa shape index (κ1) is 23.2. The summed E-state index contributed by atoms with van der Waals surface area (Å²) < 4.78 is 5.26. The van der Waals surface area contributed by atoms with Crippen LogP contribution >= 0.6 is 0 Å². The Morgan fingerprint density at radius 3 is 2.36 bits per heavy atom. The van der Waals surface area contributed by atoms with Gasteiger partial charge in [-0.15, -0.1) is 0 Å². The van der Waals surface area contributed by atoms with Gasteiger partial charge in [0.2, 0.25) is 0 Å². The maximum absolute atomic E-state index is 13.6. The molecule has 33 heavy (non-hydrogen) atoms. The molecule has 1 spiro atoms. The van der Waals surface area contributed by atoms with Crippen molar-refractivity contribution in [3.8, 4) is 0 Å². The van der Waals surface area contributed by atoms with Crippen molar-refractivity contribution >= 4 is 18.0 Å². The molecule has 2 fully saturated rings. The fourth-order valence-electron chi connectivity index (χ4n) is 4.81. The molecular weight excluding hydrogens is 414 g/mol. The zero-order valence-corrected chi connectivity index (χ0v) is 19.6. The number of hydrogen-bond acceptors (Lipinski definition) is 4. The first-order valence-corrected chi connectivity index (χ1v) is 11.7. The van der Waals surface area contributed by atoms with Crippen LogP contribution in [0.2, 0.25) is 0 Å². The Morgan fingerprint density at radius 1 is 1.00 bits per heavy atom. The molecule has 4 rings (SSSR count). The lowest BCUT2D eigenvalue weighted by Crippen LogP contribution is -2.57. The van der Waals surface area contributed by atoms with Crippen LogP contribution in [0.1, 0.15) is 29.5 Å². The molecule has 2 heterocycles. The highest BCUT2D eigenvalue weighted by Crippen LogP contribution is 2.37. The molecule has 6 heteroatoms. The monoisotopic (exact) mass is 447 g/mol. The van der Waals surface area contributed by atoms with Crippen LogP contribution in [0.15, 0.2) is 60.7 Å². The van der Waals surface area contributed by atoms with E-state index in [4.69, 9.17) is 4.74 Å². The lowest BCUT2D eigenvalue weighted by molar-refractivity contribution is -0.135. The number of hydrogen-bond donors (Lipinski definition) is 0. The van der Waals surface area contributed by atoms with Crippen LogP contribution in [-0.2, 0) is 16.1 Å². The molecule has 3 amide bonds. The van der Waals surface area contributed by atoms with Crippen molar-refractivity contribution in [1.82, 2.24) is 14.7 Å². The minimum Gasteiger partial charge on any atom is -0.383 e. The summed E-state index contributed by atoms with van der Waals surface area (Å²) in [5, 5.41) is 0. The van der Waals surface area contributed by atoms with E-state index in [2.05, 4.69) is 41.3 Å². The minimum atomic E-state index is -0.763. The fourth-order valence-corrected chi connectivity index (χ4v) is 4.81. The summed E-state index contributed by atoms with van der Waals surface area (Å²) in [5.41, 5.74) is 2.76. The van der Waals surface area contributed by atoms with Crippen molar-refractivity contribution in [3.05, 3.63) is 77.4 Å². The lowest BCUT2D eigenvalue weighted by Gasteiger charge is -2.42. The van der Waals surface area contributed by atoms with E-state index in [-0.39, 0.29) is 18.5 Å². The smallest absolute Gasteiger partial charge is 0.328 e. The van der Waals surface area contributed by atoms with Crippen molar-refractivity contribution in [3.63, 3.8) is 0 Å². The van der Waals surface area contributed by atoms with Gasteiger partial charge in [0.1, 0.15) is 5.54 Å². The standard InChI is InChI=1S/C27H33N3O3/c1-22-10-12-23(13-11-22)9-6-16-29-25(31)27(30(26(29)32)19-20-33-2)14-17-28(18-15-27)21-24-7-4-3-5-8-24/h3-13H,14-21H2,1-2H3/b9-6+. The molecule has 2 aromatic carbocycles. The second kappa shape index (κ2) is 10.3. The van der Waals surface area contributed by atoms with Crippen LogP contribution in [0.5, 0.6) is 0 Å². The summed E-state index contributed by atoms with van der Waals surface area (Å²) in [5.74, 6) is -0.0727. The third kappa shape index (κ3) is 5.02. The molecule has 0 saturated carbocycles. The van der Waals surface area contributed by atoms with Gasteiger partial charge in [-0.2, -0.15) is 0 Å². The molecule has 0 atom stereocenters. The normalized spacial score (nSPS) is 18.7. The van der Waals surface area contributed by atoms with E-state index in [0.717, 1.165) is 25.2 Å². The molecule has 6 nitrogen and oxygen atoms in total. The van der Waals surface area contributed by atoms with Gasteiger partial charge >= 0.3 is 6.03 Å². The Morgan fingerprint density at radius 2 is 1.70 bits per heavy atom. The first-order chi connectivity index (χ1) is 16.0. The van der Waals surface area contributed by atoms with Crippen LogP contribution in [0.3, 0.4) is 0 Å². The minimum absolute atomic E-state index is 0.0727. The fraction of sp³-hybridized carbons (Fsp3) is 0.407. The number of piperidine rings is 1. The molecule has 2 aliphatic heterocycles. The molecule has 2 saturated heterocycles. The van der Waals surface area contributed by atoms with E-state index in [1.807, 2.05) is 37.3 Å². The van der Waals surface area contributed by atoms with Crippen LogP contribution < -0.4 is 0 Å². The Bertz CT molecular complexity index is 979. The predicted molar refractivity (Wildman–Crippen MR) is 130 cm³/mol. The van der Waals surface area contributed by atoms with Crippen LogP contribution in [-0.4, -0.2) is 72.1 Å². The summed E-state index contributed by atoms with van der Waals surface area (Å²) in [6.45, 7) is 5.60. The van der Waals surface area contributed by atoms with Gasteiger partial charge in [0.05, 0.1) is 6.61 Å². The number of nitrogens with zero attached hydrogens (tertiary/aromatic N) is 3. The molecule has 0 radical (unpaired) electrons. The van der Waals surface area contributed by atoms with Gasteiger partial charge in [-0.25, -0.2) is 4.79 Å². The molecular formula is C27H33N3O3. The number of likely N-dealkylation sites (tertiary alicyclic amines) is 1. The third-order valence-electron chi connectivity index (χ3n) is 6.75. The summed E-state index contributed by atoms with van der Waals surface area (Å²) in [6.07, 6.45) is 5.16. The van der Waals surface area contributed by atoms with E-state index >= 15 is 0 Å². The summed E-state index contributed by atoms with van der Waals surface area (Å²) in [4.78, 5) is 32.4. The largest absolute Gasteiger partial charge is 0.383 e. The Hall–Kier alpha value is -2.96. The van der Waals surface area contributed by atoms with Crippen molar-refractivity contribution in [2.45, 2.75) is 31.8 Å². The Labute approximate surface area is 196 Å². The van der Waals surface area contributed by atoms with E-state index in [0.29, 0.717) is 26.0 Å². The van der Waals surface area contributed by atoms with Crippen molar-refractivity contribution < 1.29 is 14.3 Å². The molecule has 174 valence electrons. The number of urea groups is 1. The number of carbonyl (C=O) groups is 2. The van der Waals surface area contributed by atoms with Crippen LogP contribution in [0, 0.1) is 6.92 Å². The molecule has 0 aliphatic carbocycles. The average Bonchev–Trinajstić information content (AvgIpc) is 3.02. The van der Waals surface area contributed by atoms with Gasteiger partial charge in [0, 0.05) is 39.8 Å². The van der Waals surface area contributed by atoms with Gasteiger partial charge < -0.3 is 9.64 Å². The zero-order chi connectivity index (χ0) is 23.3. The van der Waals surface area contributed by atoms with Gasteiger partial charge in [-0.05, 0) is 30.9 Å². The zero-order valence-electron chi connectivity index (χ0n) is 19.6. The SMILES string of the molecule is COCCN1C(=O)N(C/C=C/c2ccc(C)cc2)C(=O)C12CCN(Cc1ccccc1)CC2.